The second-order valence-corrected chi connectivity index (χ2v) is 8.94. The van der Waals surface area contributed by atoms with Crippen molar-refractivity contribution in [2.45, 2.75) is 24.3 Å². The number of amides is 1. The number of rotatable bonds is 8. The first-order valence-corrected chi connectivity index (χ1v) is 12.0. The molecule has 0 saturated carbocycles. The molecular formula is C25H23N3O5S. The molecule has 34 heavy (non-hydrogen) atoms. The molecule has 1 amide bonds. The molecular weight excluding hydrogens is 454 g/mol. The van der Waals surface area contributed by atoms with Crippen LogP contribution in [-0.4, -0.2) is 32.9 Å². The average Bonchev–Trinajstić information content (AvgIpc) is 2.83. The second-order valence-electron chi connectivity index (χ2n) is 7.41. The van der Waals surface area contributed by atoms with Crippen molar-refractivity contribution in [1.82, 2.24) is 5.32 Å². The maximum Gasteiger partial charge on any atom is 0.328 e. The Morgan fingerprint density at radius 2 is 1.76 bits per heavy atom. The highest BCUT2D eigenvalue weighted by Gasteiger charge is 2.23. The van der Waals surface area contributed by atoms with Crippen LogP contribution in [0.15, 0.2) is 77.7 Å². The van der Waals surface area contributed by atoms with Crippen molar-refractivity contribution >= 4 is 21.9 Å². The SMILES string of the molecule is CCOC(=O)[C@H](Cc1cccc(C#N)c1)NC(=O)c1ccc(-c2ccccc2S(N)(=O)=O)cc1. The van der Waals surface area contributed by atoms with Crippen LogP contribution in [0.3, 0.4) is 0 Å². The Kier molecular flexibility index (Phi) is 7.79. The van der Waals surface area contributed by atoms with Gasteiger partial charge in [-0.2, -0.15) is 5.26 Å². The number of hydrogen-bond donors (Lipinski definition) is 2. The van der Waals surface area contributed by atoms with Crippen molar-refractivity contribution in [2.75, 3.05) is 6.61 Å². The molecule has 0 bridgehead atoms. The molecule has 9 heteroatoms. The van der Waals surface area contributed by atoms with Gasteiger partial charge in [0.2, 0.25) is 10.0 Å². The van der Waals surface area contributed by atoms with Crippen molar-refractivity contribution < 1.29 is 22.7 Å². The summed E-state index contributed by atoms with van der Waals surface area (Å²) in [4.78, 5) is 25.3. The van der Waals surface area contributed by atoms with Crippen LogP contribution in [0, 0.1) is 11.3 Å². The zero-order valence-electron chi connectivity index (χ0n) is 18.4. The molecule has 1 atom stereocenters. The van der Waals surface area contributed by atoms with Crippen LogP contribution < -0.4 is 10.5 Å². The summed E-state index contributed by atoms with van der Waals surface area (Å²) in [7, 11) is -3.92. The van der Waals surface area contributed by atoms with Crippen LogP contribution in [0.1, 0.15) is 28.4 Å². The molecule has 8 nitrogen and oxygen atoms in total. The van der Waals surface area contributed by atoms with Crippen molar-refractivity contribution in [2.24, 2.45) is 5.14 Å². The number of carbonyl (C=O) groups is 2. The Labute approximate surface area is 198 Å². The number of primary sulfonamides is 1. The van der Waals surface area contributed by atoms with Gasteiger partial charge in [-0.1, -0.05) is 42.5 Å². The van der Waals surface area contributed by atoms with E-state index in [9.17, 15) is 18.0 Å². The van der Waals surface area contributed by atoms with Crippen LogP contribution in [0.5, 0.6) is 0 Å². The number of ether oxygens (including phenoxy) is 1. The van der Waals surface area contributed by atoms with Gasteiger partial charge in [0, 0.05) is 17.5 Å². The minimum absolute atomic E-state index is 0.0193. The molecule has 174 valence electrons. The van der Waals surface area contributed by atoms with E-state index in [1.54, 1.807) is 61.5 Å². The van der Waals surface area contributed by atoms with Gasteiger partial charge in [-0.15, -0.1) is 0 Å². The summed E-state index contributed by atoms with van der Waals surface area (Å²) in [5.41, 5.74) is 2.40. The fourth-order valence-electron chi connectivity index (χ4n) is 3.44. The Balaban J connectivity index is 1.82. The first-order chi connectivity index (χ1) is 16.2. The molecule has 0 saturated heterocycles. The van der Waals surface area contributed by atoms with Crippen LogP contribution in [0.25, 0.3) is 11.1 Å². The van der Waals surface area contributed by atoms with E-state index < -0.39 is 27.9 Å². The predicted octanol–water partition coefficient (Wildman–Crippen LogP) is 2.78. The van der Waals surface area contributed by atoms with Gasteiger partial charge in [0.05, 0.1) is 23.1 Å². The van der Waals surface area contributed by atoms with Crippen LogP contribution in [0.2, 0.25) is 0 Å². The van der Waals surface area contributed by atoms with Gasteiger partial charge in [-0.25, -0.2) is 18.4 Å². The van der Waals surface area contributed by atoms with Crippen molar-refractivity contribution in [3.8, 4) is 17.2 Å². The van der Waals surface area contributed by atoms with Crippen molar-refractivity contribution in [3.05, 3.63) is 89.5 Å². The van der Waals surface area contributed by atoms with Crippen LogP contribution in [-0.2, 0) is 26.0 Å². The molecule has 3 aromatic rings. The molecule has 0 unspecified atom stereocenters. The lowest BCUT2D eigenvalue weighted by Gasteiger charge is -2.18. The van der Waals surface area contributed by atoms with Crippen LogP contribution >= 0.6 is 0 Å². The van der Waals surface area contributed by atoms with E-state index in [4.69, 9.17) is 15.1 Å². The van der Waals surface area contributed by atoms with E-state index >= 15 is 0 Å². The first kappa shape index (κ1) is 24.6. The molecule has 3 rings (SSSR count). The van der Waals surface area contributed by atoms with E-state index in [0.717, 1.165) is 0 Å². The molecule has 0 heterocycles. The largest absolute Gasteiger partial charge is 0.464 e. The van der Waals surface area contributed by atoms with Crippen molar-refractivity contribution in [1.29, 1.82) is 5.26 Å². The zero-order chi connectivity index (χ0) is 24.7. The van der Waals surface area contributed by atoms with E-state index in [-0.39, 0.29) is 23.5 Å². The monoisotopic (exact) mass is 477 g/mol. The highest BCUT2D eigenvalue weighted by molar-refractivity contribution is 7.89. The number of hydrogen-bond acceptors (Lipinski definition) is 6. The lowest BCUT2D eigenvalue weighted by Crippen LogP contribution is -2.43. The zero-order valence-corrected chi connectivity index (χ0v) is 19.2. The third-order valence-corrected chi connectivity index (χ3v) is 5.99. The normalized spacial score (nSPS) is 11.8. The lowest BCUT2D eigenvalue weighted by atomic mass is 10.0. The minimum Gasteiger partial charge on any atom is -0.464 e. The average molecular weight is 478 g/mol. The van der Waals surface area contributed by atoms with Crippen LogP contribution in [0.4, 0.5) is 0 Å². The van der Waals surface area contributed by atoms with E-state index in [1.165, 1.54) is 18.2 Å². The molecule has 0 aromatic heterocycles. The van der Waals surface area contributed by atoms with E-state index in [0.29, 0.717) is 22.3 Å². The van der Waals surface area contributed by atoms with Gasteiger partial charge in [0.15, 0.2) is 0 Å². The molecule has 0 fully saturated rings. The van der Waals surface area contributed by atoms with Gasteiger partial charge in [0.1, 0.15) is 6.04 Å². The third-order valence-electron chi connectivity index (χ3n) is 5.02. The Morgan fingerprint density at radius 1 is 1.06 bits per heavy atom. The summed E-state index contributed by atoms with van der Waals surface area (Å²) < 4.78 is 28.9. The molecule has 3 N–H and O–H groups in total. The first-order valence-electron chi connectivity index (χ1n) is 10.4. The summed E-state index contributed by atoms with van der Waals surface area (Å²) in [5.74, 6) is -1.09. The smallest absolute Gasteiger partial charge is 0.328 e. The Morgan fingerprint density at radius 3 is 2.41 bits per heavy atom. The number of nitrogens with zero attached hydrogens (tertiary/aromatic N) is 1. The maximum atomic E-state index is 12.9. The molecule has 0 aliphatic heterocycles. The number of esters is 1. The van der Waals surface area contributed by atoms with Gasteiger partial charge in [-0.05, 0) is 48.4 Å². The summed E-state index contributed by atoms with van der Waals surface area (Å²) in [6.45, 7) is 1.83. The topological polar surface area (TPSA) is 139 Å². The van der Waals surface area contributed by atoms with Gasteiger partial charge in [-0.3, -0.25) is 4.79 Å². The summed E-state index contributed by atoms with van der Waals surface area (Å²) in [6.07, 6.45) is 0.153. The second kappa shape index (κ2) is 10.7. The summed E-state index contributed by atoms with van der Waals surface area (Å²) >= 11 is 0. The van der Waals surface area contributed by atoms with E-state index in [2.05, 4.69) is 5.32 Å². The maximum absolute atomic E-state index is 12.9. The number of nitriles is 1. The predicted molar refractivity (Wildman–Crippen MR) is 126 cm³/mol. The summed E-state index contributed by atoms with van der Waals surface area (Å²) in [5, 5.41) is 17.1. The standard InChI is InChI=1S/C25H23N3O5S/c1-2-33-25(30)22(15-17-6-5-7-18(14-17)16-26)28-24(29)20-12-10-19(11-13-20)21-8-3-4-9-23(21)34(27,31)32/h3-14,22H,2,15H2,1H3,(H,28,29)(H2,27,31,32)/t22-/m0/s1. The number of benzene rings is 3. The lowest BCUT2D eigenvalue weighted by molar-refractivity contribution is -0.145. The van der Waals surface area contributed by atoms with Gasteiger partial charge < -0.3 is 10.1 Å². The minimum atomic E-state index is -3.92. The fraction of sp³-hybridized carbons (Fsp3) is 0.160. The van der Waals surface area contributed by atoms with Crippen molar-refractivity contribution in [3.63, 3.8) is 0 Å². The number of sulfonamides is 1. The van der Waals surface area contributed by atoms with Gasteiger partial charge in [0.25, 0.3) is 5.91 Å². The number of carbonyl (C=O) groups excluding carboxylic acids is 2. The molecule has 0 aliphatic rings. The number of nitrogens with one attached hydrogen (secondary N) is 1. The van der Waals surface area contributed by atoms with Gasteiger partial charge >= 0.3 is 5.97 Å². The highest BCUT2D eigenvalue weighted by atomic mass is 32.2. The third kappa shape index (κ3) is 6.07. The Bertz CT molecular complexity index is 1350. The summed E-state index contributed by atoms with van der Waals surface area (Å²) in [6, 6.07) is 20.4. The molecule has 0 aliphatic carbocycles. The quantitative estimate of drug-likeness (QED) is 0.478. The highest BCUT2D eigenvalue weighted by Crippen LogP contribution is 2.26. The Hall–Kier alpha value is -4.00. The van der Waals surface area contributed by atoms with E-state index in [1.807, 2.05) is 6.07 Å². The molecule has 3 aromatic carbocycles. The number of nitrogens with two attached hydrogens (primary N) is 1. The molecule has 0 radical (unpaired) electrons. The molecule has 0 spiro atoms. The fourth-order valence-corrected chi connectivity index (χ4v) is 4.20.